The Balaban J connectivity index is 4.26. The molecule has 0 saturated carbocycles. The van der Waals surface area contributed by atoms with Crippen molar-refractivity contribution in [3.8, 4) is 0 Å². The highest BCUT2D eigenvalue weighted by Gasteiger charge is 2.25. The SMILES string of the molecule is CC/C=C/C/C=C/C/C=C/CCCCC(=O)OC(COCCC(C(=O)[O-])[N+](C)(C)C)COC(=O)CCCCCCCCC/C=C/C/C=C/CCCCCCCCCCC. The fraction of sp³-hybridized carbons (Fsp3) is 0.745. The molecule has 340 valence electrons. The number of carbonyl (C=O) groups excluding carboxylic acids is 3. The average molecular weight is 828 g/mol. The molecule has 0 heterocycles. The number of nitrogens with zero attached hydrogens (tertiary/aromatic N) is 1. The summed E-state index contributed by atoms with van der Waals surface area (Å²) in [7, 11) is 5.39. The molecule has 2 unspecified atom stereocenters. The molecule has 0 bridgehead atoms. The van der Waals surface area contributed by atoms with Crippen molar-refractivity contribution < 1.29 is 38.2 Å². The smallest absolute Gasteiger partial charge is 0.306 e. The van der Waals surface area contributed by atoms with Crippen LogP contribution in [0.15, 0.2) is 60.8 Å². The summed E-state index contributed by atoms with van der Waals surface area (Å²) in [6.07, 6.45) is 51.2. The van der Waals surface area contributed by atoms with Gasteiger partial charge in [-0.1, -0.05) is 158 Å². The van der Waals surface area contributed by atoms with Gasteiger partial charge in [0.1, 0.15) is 12.6 Å². The van der Waals surface area contributed by atoms with Crippen LogP contribution in [0.25, 0.3) is 0 Å². The number of ether oxygens (including phenoxy) is 3. The van der Waals surface area contributed by atoms with Gasteiger partial charge in [0.15, 0.2) is 6.10 Å². The van der Waals surface area contributed by atoms with Crippen molar-refractivity contribution in [2.45, 2.75) is 206 Å². The molecular weight excluding hydrogens is 739 g/mol. The second kappa shape index (κ2) is 41.8. The van der Waals surface area contributed by atoms with Crippen LogP contribution in [0, 0.1) is 0 Å². The van der Waals surface area contributed by atoms with Gasteiger partial charge in [0.25, 0.3) is 0 Å². The van der Waals surface area contributed by atoms with E-state index >= 15 is 0 Å². The lowest BCUT2D eigenvalue weighted by atomic mass is 10.1. The van der Waals surface area contributed by atoms with Gasteiger partial charge in [0, 0.05) is 19.3 Å². The number of carboxylic acids is 1. The molecule has 0 aliphatic carbocycles. The minimum absolute atomic E-state index is 0.0205. The summed E-state index contributed by atoms with van der Waals surface area (Å²) >= 11 is 0. The molecule has 8 heteroatoms. The zero-order chi connectivity index (χ0) is 43.5. The second-order valence-electron chi connectivity index (χ2n) is 17.0. The maximum absolute atomic E-state index is 12.7. The number of aliphatic carboxylic acids is 1. The third-order valence-electron chi connectivity index (χ3n) is 10.4. The standard InChI is InChI=1S/C51H89NO7/c1-6-8-10-12-14-16-18-20-21-22-23-24-25-26-27-28-29-30-32-33-35-37-39-41-49(53)58-46-47(45-57-44-43-48(51(55)56)52(3,4)5)59-50(54)42-40-38-36-34-31-19-17-15-13-11-9-7-2/h9,11,15,17,23-24,26-27,31,34,47-48H,6-8,10,12-14,16,18-22,25,28-30,32-33,35-46H2,1-5H3/b11-9+,17-15+,24-23+,27-26+,34-31+. The van der Waals surface area contributed by atoms with Crippen LogP contribution >= 0.6 is 0 Å². The summed E-state index contributed by atoms with van der Waals surface area (Å²) in [5.41, 5.74) is 0. The predicted molar refractivity (Wildman–Crippen MR) is 245 cm³/mol. The molecule has 0 aliphatic rings. The van der Waals surface area contributed by atoms with Gasteiger partial charge in [0.2, 0.25) is 0 Å². The minimum atomic E-state index is -1.13. The first kappa shape index (κ1) is 56.0. The molecule has 0 aliphatic heterocycles. The number of carbonyl (C=O) groups is 3. The van der Waals surface area contributed by atoms with Crippen molar-refractivity contribution in [2.24, 2.45) is 0 Å². The Bertz CT molecular complexity index is 1150. The molecule has 8 nitrogen and oxygen atoms in total. The van der Waals surface area contributed by atoms with Crippen LogP contribution < -0.4 is 5.11 Å². The Morgan fingerprint density at radius 3 is 1.44 bits per heavy atom. The summed E-state index contributed by atoms with van der Waals surface area (Å²) in [5, 5.41) is 11.6. The first-order chi connectivity index (χ1) is 28.6. The van der Waals surface area contributed by atoms with Crippen LogP contribution in [-0.2, 0) is 28.6 Å². The summed E-state index contributed by atoms with van der Waals surface area (Å²) in [6.45, 7) is 4.49. The van der Waals surface area contributed by atoms with E-state index in [2.05, 4.69) is 74.6 Å². The summed E-state index contributed by atoms with van der Waals surface area (Å²) < 4.78 is 17.1. The lowest BCUT2D eigenvalue weighted by molar-refractivity contribution is -0.889. The molecule has 0 radical (unpaired) electrons. The fourth-order valence-corrected chi connectivity index (χ4v) is 6.70. The van der Waals surface area contributed by atoms with E-state index in [-0.39, 0.29) is 49.1 Å². The number of rotatable bonds is 42. The normalized spacial score (nSPS) is 13.4. The highest BCUT2D eigenvalue weighted by atomic mass is 16.6. The van der Waals surface area contributed by atoms with Crippen molar-refractivity contribution in [3.63, 3.8) is 0 Å². The average Bonchev–Trinajstić information content (AvgIpc) is 3.19. The highest BCUT2D eigenvalue weighted by molar-refractivity contribution is 5.70. The van der Waals surface area contributed by atoms with E-state index in [4.69, 9.17) is 14.2 Å². The number of likely N-dealkylation sites (N-methyl/N-ethyl adjacent to an activating group) is 1. The molecule has 0 spiro atoms. The van der Waals surface area contributed by atoms with Gasteiger partial charge in [-0.3, -0.25) is 9.59 Å². The van der Waals surface area contributed by atoms with Crippen LogP contribution in [0.1, 0.15) is 194 Å². The van der Waals surface area contributed by atoms with Crippen LogP contribution in [0.4, 0.5) is 0 Å². The highest BCUT2D eigenvalue weighted by Crippen LogP contribution is 2.14. The molecule has 0 aromatic carbocycles. The third-order valence-corrected chi connectivity index (χ3v) is 10.4. The monoisotopic (exact) mass is 828 g/mol. The maximum atomic E-state index is 12.7. The lowest BCUT2D eigenvalue weighted by Crippen LogP contribution is -2.55. The molecule has 0 aromatic rings. The van der Waals surface area contributed by atoms with E-state index in [0.717, 1.165) is 64.2 Å². The lowest BCUT2D eigenvalue weighted by Gasteiger charge is -2.34. The molecule has 0 amide bonds. The van der Waals surface area contributed by atoms with E-state index in [9.17, 15) is 19.5 Å². The third kappa shape index (κ3) is 40.2. The molecule has 59 heavy (non-hydrogen) atoms. The van der Waals surface area contributed by atoms with Gasteiger partial charge >= 0.3 is 11.9 Å². The second-order valence-corrected chi connectivity index (χ2v) is 17.0. The van der Waals surface area contributed by atoms with Gasteiger partial charge in [-0.25, -0.2) is 0 Å². The number of esters is 2. The number of unbranched alkanes of at least 4 members (excludes halogenated alkanes) is 18. The van der Waals surface area contributed by atoms with E-state index in [0.29, 0.717) is 12.8 Å². The van der Waals surface area contributed by atoms with Crippen molar-refractivity contribution >= 4 is 17.9 Å². The molecule has 0 aromatic heterocycles. The minimum Gasteiger partial charge on any atom is -0.544 e. The summed E-state index contributed by atoms with van der Waals surface area (Å²) in [4.78, 5) is 36.9. The number of carboxylic acid groups (broad SMARTS) is 1. The van der Waals surface area contributed by atoms with Crippen molar-refractivity contribution in [2.75, 3.05) is 41.0 Å². The first-order valence-electron chi connectivity index (χ1n) is 23.8. The van der Waals surface area contributed by atoms with Crippen molar-refractivity contribution in [1.82, 2.24) is 0 Å². The predicted octanol–water partition coefficient (Wildman–Crippen LogP) is 12.0. The molecule has 0 rings (SSSR count). The Hall–Kier alpha value is -2.97. The van der Waals surface area contributed by atoms with E-state index < -0.39 is 18.1 Å². The van der Waals surface area contributed by atoms with E-state index in [1.54, 1.807) is 21.1 Å². The molecular formula is C51H89NO7. The van der Waals surface area contributed by atoms with Gasteiger partial charge in [0.05, 0.1) is 40.3 Å². The van der Waals surface area contributed by atoms with Gasteiger partial charge in [-0.15, -0.1) is 0 Å². The van der Waals surface area contributed by atoms with Gasteiger partial charge < -0.3 is 28.6 Å². The Morgan fingerprint density at radius 1 is 0.525 bits per heavy atom. The Kier molecular flexibility index (Phi) is 39.6. The first-order valence-corrected chi connectivity index (χ1v) is 23.8. The molecule has 2 atom stereocenters. The summed E-state index contributed by atoms with van der Waals surface area (Å²) in [6, 6.07) is -0.736. The number of hydrogen-bond acceptors (Lipinski definition) is 7. The quantitative estimate of drug-likeness (QED) is 0.0261. The van der Waals surface area contributed by atoms with Gasteiger partial charge in [-0.05, 0) is 77.0 Å². The van der Waals surface area contributed by atoms with Crippen LogP contribution in [0.5, 0.6) is 0 Å². The molecule has 0 fully saturated rings. The zero-order valence-electron chi connectivity index (χ0n) is 38.7. The molecule has 0 saturated heterocycles. The molecule has 0 N–H and O–H groups in total. The van der Waals surface area contributed by atoms with Crippen molar-refractivity contribution in [3.05, 3.63) is 60.8 Å². The largest absolute Gasteiger partial charge is 0.544 e. The zero-order valence-corrected chi connectivity index (χ0v) is 38.7. The number of hydrogen-bond donors (Lipinski definition) is 0. The van der Waals surface area contributed by atoms with Crippen LogP contribution in [-0.4, -0.2) is 75.5 Å². The topological polar surface area (TPSA) is 102 Å². The van der Waals surface area contributed by atoms with E-state index in [1.807, 2.05) is 0 Å². The van der Waals surface area contributed by atoms with Crippen LogP contribution in [0.3, 0.4) is 0 Å². The van der Waals surface area contributed by atoms with Crippen LogP contribution in [0.2, 0.25) is 0 Å². The van der Waals surface area contributed by atoms with E-state index in [1.165, 1.54) is 89.9 Å². The van der Waals surface area contributed by atoms with Crippen molar-refractivity contribution in [1.29, 1.82) is 0 Å². The fourth-order valence-electron chi connectivity index (χ4n) is 6.70. The van der Waals surface area contributed by atoms with Gasteiger partial charge in [-0.2, -0.15) is 0 Å². The number of allylic oxidation sites excluding steroid dienone is 10. The number of quaternary nitrogens is 1. The maximum Gasteiger partial charge on any atom is 0.306 e. The Labute approximate surface area is 362 Å². The Morgan fingerprint density at radius 2 is 0.949 bits per heavy atom. The summed E-state index contributed by atoms with van der Waals surface area (Å²) in [5.74, 6) is -1.80.